The molecule has 3 atom stereocenters. The molecule has 2 aromatic carbocycles. The number of benzene rings is 2. The van der Waals surface area contributed by atoms with Crippen molar-refractivity contribution in [2.24, 2.45) is 0 Å². The van der Waals surface area contributed by atoms with Crippen LogP contribution in [-0.2, 0) is 4.79 Å². The van der Waals surface area contributed by atoms with E-state index in [2.05, 4.69) is 46.5 Å². The lowest BCUT2D eigenvalue weighted by molar-refractivity contribution is -0.135. The first-order chi connectivity index (χ1) is 15.9. The van der Waals surface area contributed by atoms with Gasteiger partial charge in [-0.05, 0) is 69.1 Å². The van der Waals surface area contributed by atoms with Crippen LogP contribution in [0.15, 0.2) is 36.4 Å². The summed E-state index contributed by atoms with van der Waals surface area (Å²) in [6, 6.07) is 11.8. The van der Waals surface area contributed by atoms with Gasteiger partial charge in [-0.3, -0.25) is 4.79 Å². The summed E-state index contributed by atoms with van der Waals surface area (Å²) in [6.07, 6.45) is 2.02. The number of hydrogen-bond donors (Lipinski definition) is 1. The van der Waals surface area contributed by atoms with Gasteiger partial charge in [0.05, 0.1) is 17.6 Å². The summed E-state index contributed by atoms with van der Waals surface area (Å²) in [5.41, 5.74) is 3.84. The van der Waals surface area contributed by atoms with Crippen LogP contribution in [0.1, 0.15) is 38.3 Å². The molecule has 0 bridgehead atoms. The summed E-state index contributed by atoms with van der Waals surface area (Å²) < 4.78 is 1.91. The summed E-state index contributed by atoms with van der Waals surface area (Å²) in [7, 11) is 0. The molecule has 3 aromatic rings. The zero-order chi connectivity index (χ0) is 23.1. The maximum Gasteiger partial charge on any atom is 0.240 e. The van der Waals surface area contributed by atoms with E-state index >= 15 is 0 Å². The fourth-order valence-corrected chi connectivity index (χ4v) is 5.56. The Labute approximate surface area is 203 Å². The van der Waals surface area contributed by atoms with E-state index in [1.165, 1.54) is 0 Å². The number of fused-ring (bicyclic) bond motifs is 1. The lowest BCUT2D eigenvalue weighted by atomic mass is 10.1. The molecule has 0 saturated carbocycles. The van der Waals surface area contributed by atoms with Gasteiger partial charge in [0, 0.05) is 41.4 Å². The number of carbonyl (C=O) groups is 1. The van der Waals surface area contributed by atoms with E-state index in [1.807, 2.05) is 27.8 Å². The number of carbonyl (C=O) groups excluding carboxylic acids is 1. The van der Waals surface area contributed by atoms with E-state index in [0.717, 1.165) is 61.3 Å². The van der Waals surface area contributed by atoms with Crippen molar-refractivity contribution < 1.29 is 4.79 Å². The van der Waals surface area contributed by atoms with Crippen molar-refractivity contribution in [1.82, 2.24) is 25.2 Å². The molecule has 2 saturated heterocycles. The molecular formula is C24H28Cl2N6O. The Morgan fingerprint density at radius 1 is 1.18 bits per heavy atom. The highest BCUT2D eigenvalue weighted by Crippen LogP contribution is 2.31. The molecule has 1 N–H and O–H groups in total. The maximum absolute atomic E-state index is 12.9. The van der Waals surface area contributed by atoms with Crippen LogP contribution in [-0.4, -0.2) is 64.1 Å². The van der Waals surface area contributed by atoms with Crippen LogP contribution in [0.3, 0.4) is 0 Å². The van der Waals surface area contributed by atoms with Gasteiger partial charge < -0.3 is 15.1 Å². The van der Waals surface area contributed by atoms with Crippen molar-refractivity contribution in [3.8, 4) is 0 Å². The molecule has 7 nitrogen and oxygen atoms in total. The molecule has 2 aliphatic heterocycles. The average molecular weight is 487 g/mol. The summed E-state index contributed by atoms with van der Waals surface area (Å²) in [6.45, 7) is 7.45. The van der Waals surface area contributed by atoms with E-state index in [0.29, 0.717) is 10.0 Å². The minimum absolute atomic E-state index is 0.0167. The Morgan fingerprint density at radius 2 is 2.03 bits per heavy atom. The molecule has 3 heterocycles. The Kier molecular flexibility index (Phi) is 6.20. The highest BCUT2D eigenvalue weighted by molar-refractivity contribution is 6.35. The SMILES string of the molecule is C[C@@H]1CN(c2ccc3nnn([C@H](C)c4ccc(Cl)cc4Cl)c3c2)CCN1C(=O)[C@H]1CCCN1. The van der Waals surface area contributed by atoms with Crippen LogP contribution < -0.4 is 10.2 Å². The minimum atomic E-state index is -0.0951. The van der Waals surface area contributed by atoms with Gasteiger partial charge in [-0.15, -0.1) is 5.10 Å². The number of hydrogen-bond acceptors (Lipinski definition) is 5. The Morgan fingerprint density at radius 3 is 2.76 bits per heavy atom. The highest BCUT2D eigenvalue weighted by atomic mass is 35.5. The molecule has 0 radical (unpaired) electrons. The van der Waals surface area contributed by atoms with Crippen molar-refractivity contribution >= 4 is 45.8 Å². The van der Waals surface area contributed by atoms with Crippen molar-refractivity contribution in [3.63, 3.8) is 0 Å². The molecule has 2 fully saturated rings. The number of nitrogens with one attached hydrogen (secondary N) is 1. The van der Waals surface area contributed by atoms with E-state index in [1.54, 1.807) is 6.07 Å². The van der Waals surface area contributed by atoms with Crippen LogP contribution >= 0.6 is 23.2 Å². The standard InChI is InChI=1S/C24H28Cl2N6O/c1-15-14-30(10-11-31(15)24(33)22-4-3-9-27-22)18-6-8-21-23(13-18)32(29-28-21)16(2)19-7-5-17(25)12-20(19)26/h5-8,12-13,15-16,22,27H,3-4,9-11,14H2,1-2H3/t15-,16-,22-/m1/s1. The Hall–Kier alpha value is -2.35. The van der Waals surface area contributed by atoms with E-state index in [9.17, 15) is 4.79 Å². The zero-order valence-electron chi connectivity index (χ0n) is 18.8. The zero-order valence-corrected chi connectivity index (χ0v) is 20.4. The van der Waals surface area contributed by atoms with Crippen LogP contribution in [0.25, 0.3) is 11.0 Å². The van der Waals surface area contributed by atoms with Gasteiger partial charge >= 0.3 is 0 Å². The Balaban J connectivity index is 1.37. The summed E-state index contributed by atoms with van der Waals surface area (Å²) in [4.78, 5) is 17.3. The molecular weight excluding hydrogens is 459 g/mol. The third-order valence-electron chi connectivity index (χ3n) is 6.87. The van der Waals surface area contributed by atoms with Crippen LogP contribution in [0.5, 0.6) is 0 Å². The summed E-state index contributed by atoms with van der Waals surface area (Å²) in [5.74, 6) is 0.242. The number of anilines is 1. The number of halogens is 2. The number of nitrogens with zero attached hydrogens (tertiary/aromatic N) is 5. The molecule has 0 spiro atoms. The van der Waals surface area contributed by atoms with Gasteiger partial charge in [-0.1, -0.05) is 34.5 Å². The van der Waals surface area contributed by atoms with Gasteiger partial charge in [-0.2, -0.15) is 0 Å². The second-order valence-electron chi connectivity index (χ2n) is 9.02. The molecule has 1 amide bonds. The number of aromatic nitrogens is 3. The fraction of sp³-hybridized carbons (Fsp3) is 0.458. The number of amides is 1. The third-order valence-corrected chi connectivity index (χ3v) is 7.43. The quantitative estimate of drug-likeness (QED) is 0.600. The van der Waals surface area contributed by atoms with E-state index < -0.39 is 0 Å². The molecule has 2 aliphatic rings. The van der Waals surface area contributed by atoms with Gasteiger partial charge in [0.1, 0.15) is 5.52 Å². The van der Waals surface area contributed by atoms with Crippen LogP contribution in [0, 0.1) is 0 Å². The molecule has 1 aromatic heterocycles. The second kappa shape index (κ2) is 9.12. The molecule has 0 unspecified atom stereocenters. The van der Waals surface area contributed by atoms with Crippen molar-refractivity contribution in [3.05, 3.63) is 52.0 Å². The first-order valence-corrected chi connectivity index (χ1v) is 12.3. The van der Waals surface area contributed by atoms with E-state index in [-0.39, 0.29) is 24.0 Å². The molecule has 5 rings (SSSR count). The largest absolute Gasteiger partial charge is 0.368 e. The maximum atomic E-state index is 12.9. The predicted molar refractivity (Wildman–Crippen MR) is 132 cm³/mol. The monoisotopic (exact) mass is 486 g/mol. The van der Waals surface area contributed by atoms with E-state index in [4.69, 9.17) is 23.2 Å². The third kappa shape index (κ3) is 4.29. The molecule has 0 aliphatic carbocycles. The molecule has 33 heavy (non-hydrogen) atoms. The van der Waals surface area contributed by atoms with Gasteiger partial charge in [-0.25, -0.2) is 4.68 Å². The van der Waals surface area contributed by atoms with Crippen LogP contribution in [0.4, 0.5) is 5.69 Å². The lowest BCUT2D eigenvalue weighted by Gasteiger charge is -2.42. The first kappa shape index (κ1) is 22.4. The molecule has 174 valence electrons. The molecule has 9 heteroatoms. The van der Waals surface area contributed by atoms with Gasteiger partial charge in [0.15, 0.2) is 0 Å². The fourth-order valence-electron chi connectivity index (χ4n) is 4.99. The van der Waals surface area contributed by atoms with Gasteiger partial charge in [0.2, 0.25) is 5.91 Å². The first-order valence-electron chi connectivity index (χ1n) is 11.5. The topological polar surface area (TPSA) is 66.3 Å². The summed E-state index contributed by atoms with van der Waals surface area (Å²) in [5, 5.41) is 13.3. The van der Waals surface area contributed by atoms with Crippen LogP contribution in [0.2, 0.25) is 10.0 Å². The Bertz CT molecular complexity index is 1170. The highest BCUT2D eigenvalue weighted by Gasteiger charge is 2.33. The predicted octanol–water partition coefficient (Wildman–Crippen LogP) is 4.14. The number of rotatable bonds is 4. The smallest absolute Gasteiger partial charge is 0.240 e. The lowest BCUT2D eigenvalue weighted by Crippen LogP contribution is -2.57. The second-order valence-corrected chi connectivity index (χ2v) is 9.87. The van der Waals surface area contributed by atoms with Crippen molar-refractivity contribution in [2.45, 2.75) is 44.8 Å². The van der Waals surface area contributed by atoms with Crippen molar-refractivity contribution in [2.75, 3.05) is 31.1 Å². The summed E-state index contributed by atoms with van der Waals surface area (Å²) >= 11 is 12.5. The average Bonchev–Trinajstić information content (AvgIpc) is 3.48. The minimum Gasteiger partial charge on any atom is -0.368 e. The van der Waals surface area contributed by atoms with Crippen molar-refractivity contribution in [1.29, 1.82) is 0 Å². The normalized spacial score (nSPS) is 22.2. The van der Waals surface area contributed by atoms with Gasteiger partial charge in [0.25, 0.3) is 0 Å². The number of piperazine rings is 1.